The Morgan fingerprint density at radius 1 is 1.10 bits per heavy atom. The van der Waals surface area contributed by atoms with Gasteiger partial charge in [-0.25, -0.2) is 9.59 Å². The maximum absolute atomic E-state index is 12.5. The smallest absolute Gasteiger partial charge is 0.343 e. The van der Waals surface area contributed by atoms with Crippen molar-refractivity contribution in [3.8, 4) is 11.5 Å². The minimum atomic E-state index is -0.497. The quantitative estimate of drug-likeness (QED) is 0.762. The summed E-state index contributed by atoms with van der Waals surface area (Å²) in [6.07, 6.45) is 1.67. The van der Waals surface area contributed by atoms with Gasteiger partial charge in [0.25, 0.3) is 0 Å². The van der Waals surface area contributed by atoms with E-state index in [1.165, 1.54) is 19.8 Å². The van der Waals surface area contributed by atoms with Crippen LogP contribution in [0.3, 0.4) is 0 Å². The summed E-state index contributed by atoms with van der Waals surface area (Å²) in [4.78, 5) is 24.1. The number of methoxy groups -OCH3 is 2. The summed E-state index contributed by atoms with van der Waals surface area (Å²) in [5.41, 5.74) is 4.88. The van der Waals surface area contributed by atoms with E-state index in [1.54, 1.807) is 6.07 Å². The largest absolute Gasteiger partial charge is 0.493 e. The highest BCUT2D eigenvalue weighted by atomic mass is 16.6. The molecule has 1 aliphatic carbocycles. The van der Waals surface area contributed by atoms with Crippen molar-refractivity contribution in [1.82, 2.24) is 10.6 Å². The Balaban J connectivity index is 1.80. The van der Waals surface area contributed by atoms with E-state index in [1.807, 2.05) is 30.3 Å². The Morgan fingerprint density at radius 3 is 2.72 bits per heavy atom. The number of para-hydroxylation sites is 1. The Hall–Kier alpha value is -3.48. The molecule has 2 aliphatic rings. The van der Waals surface area contributed by atoms with Crippen LogP contribution in [0.25, 0.3) is 5.70 Å². The fraction of sp³-hybridized carbons (Fsp3) is 0.273. The Kier molecular flexibility index (Phi) is 5.12. The number of amides is 2. The number of nitrogens with one attached hydrogen (secondary N) is 2. The third-order valence-corrected chi connectivity index (χ3v) is 5.24. The highest BCUT2D eigenvalue weighted by Gasteiger charge is 2.34. The predicted octanol–water partition coefficient (Wildman–Crippen LogP) is 2.96. The zero-order valence-electron chi connectivity index (χ0n) is 16.3. The first-order valence-corrected chi connectivity index (χ1v) is 9.37. The van der Waals surface area contributed by atoms with Crippen molar-refractivity contribution in [3.63, 3.8) is 0 Å². The SMILES string of the molecule is COC(=O)COc1c(OC)cccc1C1NC(=O)NC2=C1CCc1ccccc12. The lowest BCUT2D eigenvalue weighted by molar-refractivity contribution is -0.142. The highest BCUT2D eigenvalue weighted by molar-refractivity contribution is 5.91. The van der Waals surface area contributed by atoms with Gasteiger partial charge < -0.3 is 24.8 Å². The van der Waals surface area contributed by atoms with Crippen LogP contribution in [0.15, 0.2) is 48.0 Å². The lowest BCUT2D eigenvalue weighted by Crippen LogP contribution is -2.44. The van der Waals surface area contributed by atoms with Crippen molar-refractivity contribution in [1.29, 1.82) is 0 Å². The second-order valence-electron chi connectivity index (χ2n) is 6.83. The molecule has 7 nitrogen and oxygen atoms in total. The number of fused-ring (bicyclic) bond motifs is 2. The minimum Gasteiger partial charge on any atom is -0.493 e. The predicted molar refractivity (Wildman–Crippen MR) is 107 cm³/mol. The number of hydrogen-bond acceptors (Lipinski definition) is 5. The molecule has 4 rings (SSSR count). The molecular formula is C22H22N2O5. The molecule has 1 aliphatic heterocycles. The Morgan fingerprint density at radius 2 is 1.93 bits per heavy atom. The number of benzene rings is 2. The van der Waals surface area contributed by atoms with Gasteiger partial charge in [-0.2, -0.15) is 0 Å². The van der Waals surface area contributed by atoms with Gasteiger partial charge in [-0.05, 0) is 30.0 Å². The molecule has 2 aromatic rings. The van der Waals surface area contributed by atoms with Crippen molar-refractivity contribution in [2.45, 2.75) is 18.9 Å². The number of ether oxygens (including phenoxy) is 3. The average molecular weight is 394 g/mol. The first-order valence-electron chi connectivity index (χ1n) is 9.37. The van der Waals surface area contributed by atoms with Gasteiger partial charge in [-0.3, -0.25) is 0 Å². The van der Waals surface area contributed by atoms with Crippen LogP contribution in [0.1, 0.15) is 29.2 Å². The molecule has 1 unspecified atom stereocenters. The average Bonchev–Trinajstić information content (AvgIpc) is 2.76. The van der Waals surface area contributed by atoms with Gasteiger partial charge in [0.2, 0.25) is 0 Å². The summed E-state index contributed by atoms with van der Waals surface area (Å²) in [5.74, 6) is 0.401. The normalized spacial score (nSPS) is 17.4. The van der Waals surface area contributed by atoms with Gasteiger partial charge in [0, 0.05) is 11.1 Å². The molecule has 0 saturated heterocycles. The zero-order valence-corrected chi connectivity index (χ0v) is 16.3. The van der Waals surface area contributed by atoms with Gasteiger partial charge in [-0.1, -0.05) is 36.4 Å². The molecule has 0 spiro atoms. The molecule has 0 saturated carbocycles. The monoisotopic (exact) mass is 394 g/mol. The van der Waals surface area contributed by atoms with E-state index >= 15 is 0 Å². The third-order valence-electron chi connectivity index (χ3n) is 5.24. The Labute approximate surface area is 168 Å². The number of aryl methyl sites for hydroxylation is 1. The molecule has 2 N–H and O–H groups in total. The van der Waals surface area contributed by atoms with Crippen LogP contribution >= 0.6 is 0 Å². The first kappa shape index (κ1) is 18.9. The molecule has 150 valence electrons. The number of rotatable bonds is 5. The summed E-state index contributed by atoms with van der Waals surface area (Å²) < 4.78 is 15.9. The fourth-order valence-electron chi connectivity index (χ4n) is 3.88. The summed E-state index contributed by atoms with van der Waals surface area (Å²) in [6.45, 7) is -0.252. The molecule has 7 heteroatoms. The van der Waals surface area contributed by atoms with Crippen LogP contribution in [0.4, 0.5) is 4.79 Å². The molecule has 2 amide bonds. The zero-order chi connectivity index (χ0) is 20.4. The lowest BCUT2D eigenvalue weighted by Gasteiger charge is -2.35. The van der Waals surface area contributed by atoms with Crippen molar-refractivity contribution < 1.29 is 23.8 Å². The van der Waals surface area contributed by atoms with Crippen molar-refractivity contribution in [2.75, 3.05) is 20.8 Å². The van der Waals surface area contributed by atoms with E-state index in [0.29, 0.717) is 11.5 Å². The molecular weight excluding hydrogens is 372 g/mol. The second kappa shape index (κ2) is 7.87. The Bertz CT molecular complexity index is 998. The molecule has 0 aromatic heterocycles. The van der Waals surface area contributed by atoms with E-state index in [4.69, 9.17) is 9.47 Å². The summed E-state index contributed by atoms with van der Waals surface area (Å²) in [5, 5.41) is 5.96. The lowest BCUT2D eigenvalue weighted by atomic mass is 9.82. The van der Waals surface area contributed by atoms with Crippen molar-refractivity contribution in [3.05, 3.63) is 64.7 Å². The molecule has 0 fully saturated rings. The summed E-state index contributed by atoms with van der Waals surface area (Å²) in [7, 11) is 2.84. The van der Waals surface area contributed by atoms with Crippen LogP contribution < -0.4 is 20.1 Å². The summed E-state index contributed by atoms with van der Waals surface area (Å²) in [6, 6.07) is 12.9. The standard InChI is InChI=1S/C22H22N2O5/c1-27-17-9-5-8-16(21(17)29-12-18(25)28-2)20-15-11-10-13-6-3-4-7-14(13)19(15)23-22(26)24-20/h3-9,20H,10-12H2,1-2H3,(H2,23,24,26). The van der Waals surface area contributed by atoms with Gasteiger partial charge in [-0.15, -0.1) is 0 Å². The minimum absolute atomic E-state index is 0.252. The van der Waals surface area contributed by atoms with Gasteiger partial charge in [0.1, 0.15) is 0 Å². The molecule has 1 heterocycles. The maximum Gasteiger partial charge on any atom is 0.343 e. The maximum atomic E-state index is 12.5. The van der Waals surface area contributed by atoms with E-state index in [2.05, 4.69) is 21.4 Å². The number of hydrogen-bond donors (Lipinski definition) is 2. The van der Waals surface area contributed by atoms with E-state index < -0.39 is 12.0 Å². The molecule has 0 bridgehead atoms. The fourth-order valence-corrected chi connectivity index (χ4v) is 3.88. The van der Waals surface area contributed by atoms with Crippen molar-refractivity contribution >= 4 is 17.7 Å². The van der Waals surface area contributed by atoms with Crippen molar-refractivity contribution in [2.24, 2.45) is 0 Å². The van der Waals surface area contributed by atoms with Crippen LogP contribution in [0.5, 0.6) is 11.5 Å². The second-order valence-corrected chi connectivity index (χ2v) is 6.83. The van der Waals surface area contributed by atoms with E-state index in [-0.39, 0.29) is 12.6 Å². The third kappa shape index (κ3) is 3.51. The topological polar surface area (TPSA) is 85.9 Å². The van der Waals surface area contributed by atoms with Crippen LogP contribution in [0.2, 0.25) is 0 Å². The first-order chi connectivity index (χ1) is 14.1. The molecule has 29 heavy (non-hydrogen) atoms. The van der Waals surface area contributed by atoms with Crippen LogP contribution in [0, 0.1) is 0 Å². The molecule has 0 radical (unpaired) electrons. The number of carbonyl (C=O) groups excluding carboxylic acids is 2. The van der Waals surface area contributed by atoms with E-state index in [0.717, 1.165) is 35.2 Å². The van der Waals surface area contributed by atoms with Crippen LogP contribution in [-0.4, -0.2) is 32.8 Å². The van der Waals surface area contributed by atoms with Crippen LogP contribution in [-0.2, 0) is 16.0 Å². The highest BCUT2D eigenvalue weighted by Crippen LogP contribution is 2.43. The van der Waals surface area contributed by atoms with Gasteiger partial charge in [0.15, 0.2) is 18.1 Å². The molecule has 1 atom stereocenters. The van der Waals surface area contributed by atoms with E-state index in [9.17, 15) is 9.59 Å². The number of urea groups is 1. The summed E-state index contributed by atoms with van der Waals surface area (Å²) >= 11 is 0. The molecule has 2 aromatic carbocycles. The number of esters is 1. The number of carbonyl (C=O) groups is 2. The van der Waals surface area contributed by atoms with Gasteiger partial charge in [0.05, 0.1) is 26.0 Å². The van der Waals surface area contributed by atoms with Gasteiger partial charge >= 0.3 is 12.0 Å².